The maximum Gasteiger partial charge on any atom is 0.494 e. The molecular weight excluding hydrogens is 332 g/mol. The van der Waals surface area contributed by atoms with Gasteiger partial charge in [-0.2, -0.15) is 13.2 Å². The topological polar surface area (TPSA) is 52.6 Å². The van der Waals surface area contributed by atoms with Crippen LogP contribution in [0.5, 0.6) is 0 Å². The second kappa shape index (κ2) is 5.79. The quantitative estimate of drug-likeness (QED) is 0.670. The number of benzene rings is 1. The van der Waals surface area contributed by atoms with Crippen molar-refractivity contribution in [2.45, 2.75) is 50.8 Å². The van der Waals surface area contributed by atoms with Crippen LogP contribution in [-0.4, -0.2) is 26.7 Å². The largest absolute Gasteiger partial charge is 0.494 e. The molecule has 0 bridgehead atoms. The molecule has 1 aromatic rings. The van der Waals surface area contributed by atoms with Crippen molar-refractivity contribution in [2.75, 3.05) is 0 Å². The summed E-state index contributed by atoms with van der Waals surface area (Å²) in [6, 6.07) is 3.47. The molecule has 0 amide bonds. The van der Waals surface area contributed by atoms with Crippen LogP contribution >= 0.6 is 0 Å². The van der Waals surface area contributed by atoms with Gasteiger partial charge in [0.15, 0.2) is 0 Å². The van der Waals surface area contributed by atoms with Crippen LogP contribution in [0.2, 0.25) is 0 Å². The first-order valence-corrected chi connectivity index (χ1v) is 8.37. The summed E-state index contributed by atoms with van der Waals surface area (Å²) in [4.78, 5) is 0. The smallest absolute Gasteiger partial charge is 0.399 e. The second-order valence-electron chi connectivity index (χ2n) is 6.49. The van der Waals surface area contributed by atoms with E-state index in [4.69, 9.17) is 9.31 Å². The van der Waals surface area contributed by atoms with Crippen LogP contribution in [-0.2, 0) is 31.9 Å². The Morgan fingerprint density at radius 1 is 1.09 bits per heavy atom. The predicted molar refractivity (Wildman–Crippen MR) is 81.2 cm³/mol. The Morgan fingerprint density at radius 3 is 2.04 bits per heavy atom. The van der Waals surface area contributed by atoms with Crippen LogP contribution in [0.15, 0.2) is 18.2 Å². The van der Waals surface area contributed by atoms with Crippen molar-refractivity contribution in [1.82, 2.24) is 0 Å². The minimum absolute atomic E-state index is 0.209. The first-order chi connectivity index (χ1) is 10.3. The van der Waals surface area contributed by atoms with Gasteiger partial charge in [0, 0.05) is 0 Å². The molecule has 0 saturated carbocycles. The van der Waals surface area contributed by atoms with Crippen molar-refractivity contribution < 1.29 is 30.9 Å². The number of alkyl halides is 3. The Morgan fingerprint density at radius 2 is 1.61 bits per heavy atom. The molecule has 0 unspecified atom stereocenters. The van der Waals surface area contributed by atoms with Crippen molar-refractivity contribution in [3.8, 4) is 0 Å². The zero-order valence-electron chi connectivity index (χ0n) is 13.2. The van der Waals surface area contributed by atoms with Crippen molar-refractivity contribution in [1.29, 1.82) is 0 Å². The van der Waals surface area contributed by atoms with Gasteiger partial charge >= 0.3 is 13.3 Å². The molecule has 9 heteroatoms. The van der Waals surface area contributed by atoms with Gasteiger partial charge in [0.25, 0.3) is 0 Å². The Balaban J connectivity index is 2.43. The van der Waals surface area contributed by atoms with Crippen LogP contribution in [0.4, 0.5) is 13.2 Å². The van der Waals surface area contributed by atoms with Gasteiger partial charge < -0.3 is 9.31 Å². The molecule has 1 saturated heterocycles. The highest BCUT2D eigenvalue weighted by Crippen LogP contribution is 2.37. The number of hydrogen-bond acceptors (Lipinski definition) is 4. The summed E-state index contributed by atoms with van der Waals surface area (Å²) >= 11 is 0. The molecule has 4 nitrogen and oxygen atoms in total. The monoisotopic (exact) mass is 350 g/mol. The molecule has 1 fully saturated rings. The van der Waals surface area contributed by atoms with Gasteiger partial charge in [-0.05, 0) is 44.8 Å². The lowest BCUT2D eigenvalue weighted by atomic mass is 9.77. The summed E-state index contributed by atoms with van der Waals surface area (Å²) in [5.41, 5.74) is -2.40. The molecule has 128 valence electrons. The van der Waals surface area contributed by atoms with E-state index in [2.05, 4.69) is 0 Å². The summed E-state index contributed by atoms with van der Waals surface area (Å²) < 4.78 is 72.6. The van der Waals surface area contributed by atoms with Gasteiger partial charge in [-0.3, -0.25) is 0 Å². The fourth-order valence-corrected chi connectivity index (χ4v) is 2.81. The third kappa shape index (κ3) is 3.72. The molecule has 0 spiro atoms. The standard InChI is InChI=1S/C14H18BF3O4S/c1-12(2)13(3,4)22-15(21-12)10-6-5-9(8-23(19)20)11(7-10)14(16,17)18/h5-7,23H,8H2,1-4H3. The third-order valence-electron chi connectivity index (χ3n) is 4.26. The molecule has 0 atom stereocenters. The average Bonchev–Trinajstić information content (AvgIpc) is 2.56. The Bertz CT molecular complexity index is 659. The van der Waals surface area contributed by atoms with E-state index in [-0.39, 0.29) is 11.0 Å². The van der Waals surface area contributed by atoms with Crippen LogP contribution in [0.25, 0.3) is 0 Å². The Hall–Kier alpha value is -1.06. The molecule has 1 aliphatic heterocycles. The van der Waals surface area contributed by atoms with E-state index < -0.39 is 46.5 Å². The van der Waals surface area contributed by atoms with Gasteiger partial charge in [-0.1, -0.05) is 12.1 Å². The molecule has 1 aliphatic rings. The minimum atomic E-state index is -4.65. The first-order valence-electron chi connectivity index (χ1n) is 7.01. The summed E-state index contributed by atoms with van der Waals surface area (Å²) in [6.45, 7) is 7.20. The maximum atomic E-state index is 13.2. The highest BCUT2D eigenvalue weighted by atomic mass is 32.2. The molecular formula is C14H18BF3O4S. The van der Waals surface area contributed by atoms with Crippen LogP contribution in [0, 0.1) is 0 Å². The van der Waals surface area contributed by atoms with Crippen molar-refractivity contribution in [2.24, 2.45) is 0 Å². The fourth-order valence-electron chi connectivity index (χ4n) is 2.26. The maximum absolute atomic E-state index is 13.2. The van der Waals surface area contributed by atoms with Gasteiger partial charge in [0.2, 0.25) is 0 Å². The molecule has 0 aromatic heterocycles. The predicted octanol–water partition coefficient (Wildman–Crippen LogP) is 2.12. The Labute approximate surface area is 135 Å². The number of rotatable bonds is 3. The van der Waals surface area contributed by atoms with E-state index in [0.29, 0.717) is 0 Å². The Kier molecular flexibility index (Phi) is 4.60. The van der Waals surface area contributed by atoms with E-state index >= 15 is 0 Å². The SMILES string of the molecule is CC1(C)OB(c2ccc(C[SH](=O)=O)c(C(F)(F)F)c2)OC1(C)C. The lowest BCUT2D eigenvalue weighted by molar-refractivity contribution is -0.138. The second-order valence-corrected chi connectivity index (χ2v) is 7.48. The van der Waals surface area contributed by atoms with E-state index in [0.717, 1.165) is 12.1 Å². The highest BCUT2D eigenvalue weighted by Gasteiger charge is 2.52. The minimum Gasteiger partial charge on any atom is -0.399 e. The molecule has 0 aliphatic carbocycles. The van der Waals surface area contributed by atoms with Crippen molar-refractivity contribution >= 4 is 23.3 Å². The zero-order valence-corrected chi connectivity index (χ0v) is 14.1. The third-order valence-corrected chi connectivity index (χ3v) is 4.86. The lowest BCUT2D eigenvalue weighted by Gasteiger charge is -2.32. The summed E-state index contributed by atoms with van der Waals surface area (Å²) in [5, 5.41) is 0. The molecule has 0 N–H and O–H groups in total. The van der Waals surface area contributed by atoms with Gasteiger partial charge in [-0.15, -0.1) is 0 Å². The van der Waals surface area contributed by atoms with Gasteiger partial charge in [0.05, 0.1) is 22.5 Å². The molecule has 2 rings (SSSR count). The van der Waals surface area contributed by atoms with Crippen molar-refractivity contribution in [3.63, 3.8) is 0 Å². The van der Waals surface area contributed by atoms with Gasteiger partial charge in [-0.25, -0.2) is 8.42 Å². The van der Waals surface area contributed by atoms with E-state index in [1.54, 1.807) is 27.7 Å². The fraction of sp³-hybridized carbons (Fsp3) is 0.571. The lowest BCUT2D eigenvalue weighted by Crippen LogP contribution is -2.41. The number of halogens is 3. The van der Waals surface area contributed by atoms with E-state index in [1.807, 2.05) is 0 Å². The van der Waals surface area contributed by atoms with Crippen LogP contribution in [0.1, 0.15) is 38.8 Å². The normalized spacial score (nSPS) is 20.3. The van der Waals surface area contributed by atoms with E-state index in [1.165, 1.54) is 6.07 Å². The molecule has 1 aromatic carbocycles. The molecule has 1 heterocycles. The van der Waals surface area contributed by atoms with Crippen LogP contribution < -0.4 is 5.46 Å². The number of hydrogen-bond donors (Lipinski definition) is 1. The molecule has 23 heavy (non-hydrogen) atoms. The van der Waals surface area contributed by atoms with E-state index in [9.17, 15) is 21.6 Å². The first kappa shape index (κ1) is 18.3. The van der Waals surface area contributed by atoms with Crippen molar-refractivity contribution in [3.05, 3.63) is 29.3 Å². The van der Waals surface area contributed by atoms with Crippen LogP contribution in [0.3, 0.4) is 0 Å². The van der Waals surface area contributed by atoms with Gasteiger partial charge in [0.1, 0.15) is 10.7 Å². The number of thiol groups is 1. The summed E-state index contributed by atoms with van der Waals surface area (Å²) in [7, 11) is -3.89. The molecule has 0 radical (unpaired) electrons. The summed E-state index contributed by atoms with van der Waals surface area (Å²) in [6.07, 6.45) is -4.65. The zero-order chi connectivity index (χ0) is 17.6. The summed E-state index contributed by atoms with van der Waals surface area (Å²) in [5.74, 6) is -0.659. The highest BCUT2D eigenvalue weighted by molar-refractivity contribution is 7.71. The average molecular weight is 350 g/mol.